The van der Waals surface area contributed by atoms with Crippen molar-refractivity contribution >= 4 is 10.0 Å². The molecule has 0 unspecified atom stereocenters. The lowest BCUT2D eigenvalue weighted by molar-refractivity contribution is -0.0840. The van der Waals surface area contributed by atoms with Crippen molar-refractivity contribution in [2.75, 3.05) is 33.3 Å². The Balaban J connectivity index is 1.84. The summed E-state index contributed by atoms with van der Waals surface area (Å²) in [4.78, 5) is 2.17. The molecule has 22 heavy (non-hydrogen) atoms. The Morgan fingerprint density at radius 2 is 2.09 bits per heavy atom. The van der Waals surface area contributed by atoms with Gasteiger partial charge in [0.2, 0.25) is 10.0 Å². The summed E-state index contributed by atoms with van der Waals surface area (Å²) in [5.74, 6) is -0.492. The summed E-state index contributed by atoms with van der Waals surface area (Å²) in [5, 5.41) is 0. The number of rotatable bonds is 2. The molecule has 1 aromatic carbocycles. The predicted molar refractivity (Wildman–Crippen MR) is 80.7 cm³/mol. The van der Waals surface area contributed by atoms with Crippen LogP contribution in [0.15, 0.2) is 23.1 Å². The molecule has 0 aromatic heterocycles. The maximum Gasteiger partial charge on any atom is 0.243 e. The number of fused-ring (bicyclic) bond motifs is 1. The molecule has 0 N–H and O–H groups in total. The Bertz CT molecular complexity index is 665. The average molecular weight is 328 g/mol. The molecule has 0 spiro atoms. The number of hydrogen-bond acceptors (Lipinski definition) is 4. The van der Waals surface area contributed by atoms with Gasteiger partial charge in [0.05, 0.1) is 17.6 Å². The predicted octanol–water partition coefficient (Wildman–Crippen LogP) is 1.23. The molecule has 7 heteroatoms. The van der Waals surface area contributed by atoms with Gasteiger partial charge in [-0.3, -0.25) is 4.90 Å². The highest BCUT2D eigenvalue weighted by atomic mass is 32.2. The molecule has 5 nitrogen and oxygen atoms in total. The van der Waals surface area contributed by atoms with Crippen molar-refractivity contribution in [2.45, 2.75) is 30.4 Å². The van der Waals surface area contributed by atoms with Crippen LogP contribution in [0, 0.1) is 12.7 Å². The lowest BCUT2D eigenvalue weighted by Gasteiger charge is -2.45. The van der Waals surface area contributed by atoms with Crippen LogP contribution in [0.25, 0.3) is 0 Å². The second-order valence-electron chi connectivity index (χ2n) is 6.02. The molecule has 2 heterocycles. The normalized spacial score (nSPS) is 27.6. The molecular formula is C15H21FN2O3S. The lowest BCUT2D eigenvalue weighted by Crippen LogP contribution is -2.59. The van der Waals surface area contributed by atoms with E-state index in [0.29, 0.717) is 31.7 Å². The number of sulfonamides is 1. The van der Waals surface area contributed by atoms with Crippen molar-refractivity contribution in [3.05, 3.63) is 29.6 Å². The lowest BCUT2D eigenvalue weighted by atomic mass is 10.0. The molecule has 122 valence electrons. The third-order valence-electron chi connectivity index (χ3n) is 4.61. The van der Waals surface area contributed by atoms with Crippen molar-refractivity contribution in [1.29, 1.82) is 0 Å². The Labute approximate surface area is 130 Å². The molecule has 2 aliphatic heterocycles. The number of ether oxygens (including phenoxy) is 1. The van der Waals surface area contributed by atoms with Gasteiger partial charge in [-0.2, -0.15) is 4.31 Å². The smallest absolute Gasteiger partial charge is 0.243 e. The first-order valence-electron chi connectivity index (χ1n) is 7.48. The van der Waals surface area contributed by atoms with Crippen LogP contribution in [-0.4, -0.2) is 63.1 Å². The molecular weight excluding hydrogens is 307 g/mol. The maximum atomic E-state index is 13.7. The quantitative estimate of drug-likeness (QED) is 0.819. The van der Waals surface area contributed by atoms with Crippen LogP contribution >= 0.6 is 0 Å². The number of morpholine rings is 1. The van der Waals surface area contributed by atoms with E-state index < -0.39 is 15.8 Å². The first-order chi connectivity index (χ1) is 10.4. The third-order valence-corrected chi connectivity index (χ3v) is 6.47. The van der Waals surface area contributed by atoms with E-state index in [1.165, 1.54) is 16.4 Å². The number of nitrogens with zero attached hydrogens (tertiary/aromatic N) is 2. The minimum atomic E-state index is -3.66. The van der Waals surface area contributed by atoms with E-state index in [4.69, 9.17) is 4.74 Å². The highest BCUT2D eigenvalue weighted by molar-refractivity contribution is 7.89. The zero-order valence-electron chi connectivity index (χ0n) is 12.8. The Hall–Kier alpha value is -1.02. The average Bonchev–Trinajstić information content (AvgIpc) is 2.50. The third kappa shape index (κ3) is 2.78. The molecule has 2 aliphatic rings. The Kier molecular flexibility index (Phi) is 4.24. The van der Waals surface area contributed by atoms with E-state index in [2.05, 4.69) is 4.90 Å². The summed E-state index contributed by atoms with van der Waals surface area (Å²) in [6.45, 7) is 3.90. The molecule has 2 saturated heterocycles. The highest BCUT2D eigenvalue weighted by Gasteiger charge is 2.39. The fourth-order valence-electron chi connectivity index (χ4n) is 3.11. The topological polar surface area (TPSA) is 49.9 Å². The van der Waals surface area contributed by atoms with Crippen LogP contribution in [0.2, 0.25) is 0 Å². The van der Waals surface area contributed by atoms with Crippen molar-refractivity contribution < 1.29 is 17.5 Å². The summed E-state index contributed by atoms with van der Waals surface area (Å²) >= 11 is 0. The number of aryl methyl sites for hydroxylation is 1. The standard InChI is InChI=1S/C15H21FN2O3S/c1-11-3-4-12(9-13(11)16)22(19,20)18-6-5-15-14(10-18)17(2)7-8-21-15/h3-4,9,14-15H,5-8,10H2,1-2H3/t14-,15-/m0/s1. The maximum absolute atomic E-state index is 13.7. The van der Waals surface area contributed by atoms with E-state index in [1.807, 2.05) is 7.05 Å². The van der Waals surface area contributed by atoms with E-state index >= 15 is 0 Å². The van der Waals surface area contributed by atoms with Gasteiger partial charge >= 0.3 is 0 Å². The van der Waals surface area contributed by atoms with E-state index in [1.54, 1.807) is 6.92 Å². The van der Waals surface area contributed by atoms with Crippen LogP contribution < -0.4 is 0 Å². The molecule has 0 saturated carbocycles. The minimum absolute atomic E-state index is 0.0217. The van der Waals surface area contributed by atoms with Gasteiger partial charge in [-0.05, 0) is 38.1 Å². The SMILES string of the molecule is Cc1ccc(S(=O)(=O)N2CC[C@@H]3OCCN(C)[C@H]3C2)cc1F. The number of benzene rings is 1. The first-order valence-corrected chi connectivity index (χ1v) is 8.92. The van der Waals surface area contributed by atoms with E-state index in [0.717, 1.165) is 12.6 Å². The highest BCUT2D eigenvalue weighted by Crippen LogP contribution is 2.27. The van der Waals surface area contributed by atoms with Gasteiger partial charge in [0.15, 0.2) is 0 Å². The Morgan fingerprint density at radius 3 is 2.82 bits per heavy atom. The second-order valence-corrected chi connectivity index (χ2v) is 7.96. The molecule has 0 aliphatic carbocycles. The molecule has 3 rings (SSSR count). The van der Waals surface area contributed by atoms with Crippen molar-refractivity contribution in [1.82, 2.24) is 9.21 Å². The second kappa shape index (κ2) is 5.88. The van der Waals surface area contributed by atoms with Gasteiger partial charge in [-0.1, -0.05) is 6.07 Å². The fraction of sp³-hybridized carbons (Fsp3) is 0.600. The van der Waals surface area contributed by atoms with Crippen molar-refractivity contribution in [2.24, 2.45) is 0 Å². The number of hydrogen-bond donors (Lipinski definition) is 0. The Morgan fingerprint density at radius 1 is 1.32 bits per heavy atom. The number of likely N-dealkylation sites (N-methyl/N-ethyl adjacent to an activating group) is 1. The monoisotopic (exact) mass is 328 g/mol. The molecule has 2 fully saturated rings. The van der Waals surface area contributed by atoms with Crippen molar-refractivity contribution in [3.63, 3.8) is 0 Å². The van der Waals surface area contributed by atoms with Gasteiger partial charge < -0.3 is 4.74 Å². The molecule has 0 radical (unpaired) electrons. The van der Waals surface area contributed by atoms with Gasteiger partial charge in [-0.25, -0.2) is 12.8 Å². The van der Waals surface area contributed by atoms with Crippen LogP contribution in [0.3, 0.4) is 0 Å². The van der Waals surface area contributed by atoms with E-state index in [9.17, 15) is 12.8 Å². The summed E-state index contributed by atoms with van der Waals surface area (Å²) in [7, 11) is -1.68. The van der Waals surface area contributed by atoms with Gasteiger partial charge in [0, 0.05) is 25.7 Å². The number of halogens is 1. The molecule has 2 atom stereocenters. The number of piperidine rings is 1. The summed E-state index contributed by atoms with van der Waals surface area (Å²) in [5.41, 5.74) is 0.443. The summed E-state index contributed by atoms with van der Waals surface area (Å²) < 4.78 is 46.3. The summed E-state index contributed by atoms with van der Waals surface area (Å²) in [6.07, 6.45) is 0.753. The van der Waals surface area contributed by atoms with Crippen molar-refractivity contribution in [3.8, 4) is 0 Å². The van der Waals surface area contributed by atoms with Gasteiger partial charge in [0.1, 0.15) is 5.82 Å². The van der Waals surface area contributed by atoms with Crippen LogP contribution in [0.5, 0.6) is 0 Å². The minimum Gasteiger partial charge on any atom is -0.375 e. The van der Waals surface area contributed by atoms with Crippen LogP contribution in [0.1, 0.15) is 12.0 Å². The summed E-state index contributed by atoms with van der Waals surface area (Å²) in [6, 6.07) is 4.15. The molecule has 1 aromatic rings. The van der Waals surface area contributed by atoms with Gasteiger partial charge in [-0.15, -0.1) is 0 Å². The first kappa shape index (κ1) is 15.9. The van der Waals surface area contributed by atoms with Crippen LogP contribution in [0.4, 0.5) is 4.39 Å². The van der Waals surface area contributed by atoms with Gasteiger partial charge in [0.25, 0.3) is 0 Å². The van der Waals surface area contributed by atoms with E-state index in [-0.39, 0.29) is 17.0 Å². The molecule has 0 bridgehead atoms. The molecule has 0 amide bonds. The van der Waals surface area contributed by atoms with Crippen LogP contribution in [-0.2, 0) is 14.8 Å². The zero-order valence-corrected chi connectivity index (χ0v) is 13.6. The zero-order chi connectivity index (χ0) is 15.9. The fourth-order valence-corrected chi connectivity index (χ4v) is 4.60. The largest absolute Gasteiger partial charge is 0.375 e.